The van der Waals surface area contributed by atoms with E-state index in [-0.39, 0.29) is 5.41 Å². The molecule has 0 saturated heterocycles. The van der Waals surface area contributed by atoms with Crippen molar-refractivity contribution in [3.05, 3.63) is 46.5 Å². The Morgan fingerprint density at radius 2 is 1.93 bits per heavy atom. The summed E-state index contributed by atoms with van der Waals surface area (Å²) in [4.78, 5) is 0. The quantitative estimate of drug-likeness (QED) is 0.535. The number of alkyl halides is 1. The second kappa shape index (κ2) is 5.38. The van der Waals surface area contributed by atoms with Crippen molar-refractivity contribution in [3.8, 4) is 0 Å². The smallest absolute Gasteiger partial charge is 0.0453 e. The van der Waals surface area contributed by atoms with Crippen molar-refractivity contribution in [2.24, 2.45) is 5.41 Å². The predicted octanol–water partition coefficient (Wildman–Crippen LogP) is 5.12. The van der Waals surface area contributed by atoms with E-state index in [0.717, 1.165) is 27.4 Å². The molecule has 1 unspecified atom stereocenters. The Labute approximate surface area is 109 Å². The molecule has 0 bridgehead atoms. The van der Waals surface area contributed by atoms with Crippen LogP contribution in [0.25, 0.3) is 0 Å². The third-order valence-corrected chi connectivity index (χ3v) is 4.43. The van der Waals surface area contributed by atoms with Gasteiger partial charge in [0.15, 0.2) is 0 Å². The molecular weight excluding hydrogens is 295 g/mol. The molecular formula is C12H13BrCl2. The molecule has 82 valence electrons. The number of hydrogen-bond acceptors (Lipinski definition) is 0. The Morgan fingerprint density at radius 3 is 2.33 bits per heavy atom. The van der Waals surface area contributed by atoms with Gasteiger partial charge < -0.3 is 0 Å². The zero-order valence-corrected chi connectivity index (χ0v) is 11.7. The zero-order chi connectivity index (χ0) is 11.5. The van der Waals surface area contributed by atoms with E-state index in [1.165, 1.54) is 0 Å². The Morgan fingerprint density at radius 1 is 1.40 bits per heavy atom. The Hall–Kier alpha value is 0.0200. The maximum absolute atomic E-state index is 6.12. The maximum Gasteiger partial charge on any atom is 0.0453 e. The van der Waals surface area contributed by atoms with Gasteiger partial charge in [-0.25, -0.2) is 0 Å². The first kappa shape index (κ1) is 13.1. The lowest BCUT2D eigenvalue weighted by atomic mass is 9.86. The number of hydrogen-bond donors (Lipinski definition) is 0. The molecule has 0 spiro atoms. The second-order valence-electron chi connectivity index (χ2n) is 3.87. The molecule has 1 atom stereocenters. The fourth-order valence-corrected chi connectivity index (χ4v) is 2.24. The molecule has 0 aliphatic heterocycles. The third-order valence-electron chi connectivity index (χ3n) is 2.44. The second-order valence-corrected chi connectivity index (χ2v) is 5.24. The SMILES string of the molecule is C=CC(C)(CBr)Cc1c(Cl)cccc1Cl. The highest BCUT2D eigenvalue weighted by molar-refractivity contribution is 9.09. The Balaban J connectivity index is 3.03. The summed E-state index contributed by atoms with van der Waals surface area (Å²) in [5, 5.41) is 2.28. The predicted molar refractivity (Wildman–Crippen MR) is 72.3 cm³/mol. The van der Waals surface area contributed by atoms with Crippen molar-refractivity contribution >= 4 is 39.1 Å². The highest BCUT2D eigenvalue weighted by Gasteiger charge is 2.21. The van der Waals surface area contributed by atoms with Crippen molar-refractivity contribution in [3.63, 3.8) is 0 Å². The van der Waals surface area contributed by atoms with Gasteiger partial charge in [-0.05, 0) is 29.5 Å². The van der Waals surface area contributed by atoms with E-state index in [1.807, 2.05) is 24.3 Å². The van der Waals surface area contributed by atoms with Crippen molar-refractivity contribution in [1.29, 1.82) is 0 Å². The van der Waals surface area contributed by atoms with Crippen molar-refractivity contribution in [1.82, 2.24) is 0 Å². The summed E-state index contributed by atoms with van der Waals surface area (Å²) in [5.41, 5.74) is 0.969. The van der Waals surface area contributed by atoms with E-state index >= 15 is 0 Å². The van der Waals surface area contributed by atoms with Gasteiger partial charge in [0, 0.05) is 15.4 Å². The summed E-state index contributed by atoms with van der Waals surface area (Å²) in [7, 11) is 0. The van der Waals surface area contributed by atoms with Gasteiger partial charge in [-0.1, -0.05) is 58.2 Å². The van der Waals surface area contributed by atoms with Crippen LogP contribution in [0.1, 0.15) is 12.5 Å². The minimum absolute atomic E-state index is 0.0192. The molecule has 15 heavy (non-hydrogen) atoms. The lowest BCUT2D eigenvalue weighted by Crippen LogP contribution is -2.18. The zero-order valence-electron chi connectivity index (χ0n) is 8.56. The minimum Gasteiger partial charge on any atom is -0.102 e. The summed E-state index contributed by atoms with van der Waals surface area (Å²) < 4.78 is 0. The van der Waals surface area contributed by atoms with Gasteiger partial charge in [0.1, 0.15) is 0 Å². The van der Waals surface area contributed by atoms with Crippen LogP contribution in [-0.4, -0.2) is 5.33 Å². The van der Waals surface area contributed by atoms with Crippen molar-refractivity contribution in [2.75, 3.05) is 5.33 Å². The molecule has 0 saturated carbocycles. The average molecular weight is 308 g/mol. The summed E-state index contributed by atoms with van der Waals surface area (Å²) >= 11 is 15.7. The van der Waals surface area contributed by atoms with Crippen LogP contribution in [0.3, 0.4) is 0 Å². The highest BCUT2D eigenvalue weighted by atomic mass is 79.9. The molecule has 1 aromatic carbocycles. The third kappa shape index (κ3) is 3.24. The van der Waals surface area contributed by atoms with Gasteiger partial charge in [-0.3, -0.25) is 0 Å². The molecule has 0 nitrogen and oxygen atoms in total. The molecule has 0 radical (unpaired) electrons. The lowest BCUT2D eigenvalue weighted by molar-refractivity contribution is 0.494. The Bertz CT molecular complexity index is 342. The summed E-state index contributed by atoms with van der Waals surface area (Å²) in [6.45, 7) is 5.96. The standard InChI is InChI=1S/C12H13BrCl2/c1-3-12(2,8-13)7-9-10(14)5-4-6-11(9)15/h3-6H,1,7-8H2,2H3. The molecule has 0 N–H and O–H groups in total. The van der Waals surface area contributed by atoms with Gasteiger partial charge in [0.05, 0.1) is 0 Å². The van der Waals surface area contributed by atoms with Crippen LogP contribution in [0.4, 0.5) is 0 Å². The number of allylic oxidation sites excluding steroid dienone is 1. The molecule has 0 fully saturated rings. The maximum atomic E-state index is 6.12. The van der Waals surface area contributed by atoms with Crippen LogP contribution in [0.15, 0.2) is 30.9 Å². The monoisotopic (exact) mass is 306 g/mol. The molecule has 0 aromatic heterocycles. The van der Waals surface area contributed by atoms with Gasteiger partial charge in [-0.15, -0.1) is 6.58 Å². The van der Waals surface area contributed by atoms with Gasteiger partial charge in [0.2, 0.25) is 0 Å². The van der Waals surface area contributed by atoms with Crippen LogP contribution < -0.4 is 0 Å². The lowest BCUT2D eigenvalue weighted by Gasteiger charge is -2.24. The number of benzene rings is 1. The van der Waals surface area contributed by atoms with E-state index in [2.05, 4.69) is 29.4 Å². The van der Waals surface area contributed by atoms with Crippen LogP contribution in [0.2, 0.25) is 10.0 Å². The molecule has 0 heterocycles. The van der Waals surface area contributed by atoms with Gasteiger partial charge in [0.25, 0.3) is 0 Å². The molecule has 1 rings (SSSR count). The van der Waals surface area contributed by atoms with Crippen LogP contribution in [0, 0.1) is 5.41 Å². The average Bonchev–Trinajstić information content (AvgIpc) is 2.23. The highest BCUT2D eigenvalue weighted by Crippen LogP contribution is 2.33. The normalized spacial score (nSPS) is 14.7. The molecule has 3 heteroatoms. The summed E-state index contributed by atoms with van der Waals surface area (Å²) in [5.74, 6) is 0. The van der Waals surface area contributed by atoms with E-state index < -0.39 is 0 Å². The van der Waals surface area contributed by atoms with Crippen LogP contribution in [0.5, 0.6) is 0 Å². The molecule has 1 aromatic rings. The van der Waals surface area contributed by atoms with Gasteiger partial charge >= 0.3 is 0 Å². The van der Waals surface area contributed by atoms with Crippen molar-refractivity contribution in [2.45, 2.75) is 13.3 Å². The fourth-order valence-electron chi connectivity index (χ4n) is 1.28. The first-order valence-electron chi connectivity index (χ1n) is 4.65. The molecule has 0 aliphatic rings. The number of halogens is 3. The van der Waals surface area contributed by atoms with E-state index in [0.29, 0.717) is 0 Å². The first-order valence-corrected chi connectivity index (χ1v) is 6.52. The summed E-state index contributed by atoms with van der Waals surface area (Å²) in [6, 6.07) is 5.58. The largest absolute Gasteiger partial charge is 0.102 e. The van der Waals surface area contributed by atoms with E-state index in [9.17, 15) is 0 Å². The number of rotatable bonds is 4. The topological polar surface area (TPSA) is 0 Å². The Kier molecular flexibility index (Phi) is 4.69. The van der Waals surface area contributed by atoms with Crippen LogP contribution >= 0.6 is 39.1 Å². The minimum atomic E-state index is -0.0192. The van der Waals surface area contributed by atoms with Gasteiger partial charge in [-0.2, -0.15) is 0 Å². The molecule has 0 aliphatic carbocycles. The molecule has 0 amide bonds. The fraction of sp³-hybridized carbons (Fsp3) is 0.333. The van der Waals surface area contributed by atoms with E-state index in [4.69, 9.17) is 23.2 Å². The van der Waals surface area contributed by atoms with Crippen molar-refractivity contribution < 1.29 is 0 Å². The van der Waals surface area contributed by atoms with Crippen LogP contribution in [-0.2, 0) is 6.42 Å². The summed E-state index contributed by atoms with van der Waals surface area (Å²) in [6.07, 6.45) is 2.72. The first-order chi connectivity index (χ1) is 7.02. The van der Waals surface area contributed by atoms with E-state index in [1.54, 1.807) is 0 Å².